The monoisotopic (exact) mass is 463 g/mol. The second kappa shape index (κ2) is 11.5. The van der Waals surface area contributed by atoms with Crippen LogP contribution in [0.25, 0.3) is 0 Å². The first-order valence-electron chi connectivity index (χ1n) is 11.8. The summed E-state index contributed by atoms with van der Waals surface area (Å²) in [6.07, 6.45) is 3.79. The highest BCUT2D eigenvalue weighted by Gasteiger charge is 2.23. The van der Waals surface area contributed by atoms with Gasteiger partial charge in [-0.25, -0.2) is 0 Å². The Morgan fingerprint density at radius 1 is 0.939 bits per heavy atom. The summed E-state index contributed by atoms with van der Waals surface area (Å²) in [7, 11) is 0. The van der Waals surface area contributed by atoms with Crippen LogP contribution in [0.3, 0.4) is 0 Å². The van der Waals surface area contributed by atoms with Gasteiger partial charge in [-0.3, -0.25) is 9.69 Å². The van der Waals surface area contributed by atoms with Gasteiger partial charge in [0.25, 0.3) is 0 Å². The van der Waals surface area contributed by atoms with Crippen molar-refractivity contribution in [3.63, 3.8) is 0 Å². The maximum absolute atomic E-state index is 12.9. The van der Waals surface area contributed by atoms with Crippen LogP contribution in [-0.2, 0) is 17.9 Å². The molecule has 2 unspecified atom stereocenters. The fourth-order valence-electron chi connectivity index (χ4n) is 4.13. The van der Waals surface area contributed by atoms with Gasteiger partial charge in [0.1, 0.15) is 5.82 Å². The van der Waals surface area contributed by atoms with E-state index in [1.165, 1.54) is 36.6 Å². The van der Waals surface area contributed by atoms with Crippen molar-refractivity contribution in [3.8, 4) is 0 Å². The highest BCUT2D eigenvalue weighted by molar-refractivity contribution is 8.00. The molecule has 1 fully saturated rings. The topological polar surface area (TPSA) is 63.1 Å². The molecule has 2 atom stereocenters. The normalized spacial score (nSPS) is 16.3. The van der Waals surface area contributed by atoms with Crippen molar-refractivity contribution in [2.45, 2.75) is 62.6 Å². The van der Waals surface area contributed by atoms with Crippen LogP contribution < -0.4 is 5.32 Å². The van der Waals surface area contributed by atoms with Gasteiger partial charge < -0.3 is 9.88 Å². The average molecular weight is 464 g/mol. The quantitative estimate of drug-likeness (QED) is 0.467. The van der Waals surface area contributed by atoms with E-state index >= 15 is 0 Å². The first-order valence-corrected chi connectivity index (χ1v) is 12.7. The maximum Gasteiger partial charge on any atom is 0.233 e. The lowest BCUT2D eigenvalue weighted by Gasteiger charge is -2.26. The summed E-state index contributed by atoms with van der Waals surface area (Å²) >= 11 is 1.48. The summed E-state index contributed by atoms with van der Waals surface area (Å²) < 4.78 is 2.18. The van der Waals surface area contributed by atoms with E-state index in [0.29, 0.717) is 6.54 Å². The van der Waals surface area contributed by atoms with Crippen LogP contribution in [0.5, 0.6) is 0 Å². The van der Waals surface area contributed by atoms with E-state index < -0.39 is 0 Å². The molecule has 174 valence electrons. The molecule has 3 aromatic rings. The Kier molecular flexibility index (Phi) is 8.18. The summed E-state index contributed by atoms with van der Waals surface area (Å²) in [5.41, 5.74) is 2.30. The van der Waals surface area contributed by atoms with Crippen LogP contribution in [0.1, 0.15) is 56.1 Å². The molecule has 6 nitrogen and oxygen atoms in total. The summed E-state index contributed by atoms with van der Waals surface area (Å²) in [4.78, 5) is 15.4. The summed E-state index contributed by atoms with van der Waals surface area (Å²) in [5, 5.41) is 12.7. The number of nitrogens with one attached hydrogen (secondary N) is 1. The molecule has 0 spiro atoms. The Bertz CT molecular complexity index is 1020. The Labute approximate surface area is 200 Å². The second-order valence-corrected chi connectivity index (χ2v) is 10.0. The van der Waals surface area contributed by atoms with Crippen molar-refractivity contribution in [1.29, 1.82) is 0 Å². The van der Waals surface area contributed by atoms with Crippen molar-refractivity contribution in [2.24, 2.45) is 0 Å². The number of hydrogen-bond acceptors (Lipinski definition) is 5. The van der Waals surface area contributed by atoms with Gasteiger partial charge in [-0.05, 0) is 50.9 Å². The van der Waals surface area contributed by atoms with E-state index in [0.717, 1.165) is 36.2 Å². The fourth-order valence-corrected chi connectivity index (χ4v) is 5.01. The van der Waals surface area contributed by atoms with Gasteiger partial charge >= 0.3 is 0 Å². The molecule has 0 bridgehead atoms. The third-order valence-electron chi connectivity index (χ3n) is 6.10. The lowest BCUT2D eigenvalue weighted by molar-refractivity contribution is -0.120. The molecule has 4 rings (SSSR count). The van der Waals surface area contributed by atoms with Gasteiger partial charge in [-0.15, -0.1) is 10.2 Å². The molecule has 0 radical (unpaired) electrons. The third kappa shape index (κ3) is 6.45. The number of piperidine rings is 1. The number of carbonyl (C=O) groups excluding carboxylic acids is 1. The van der Waals surface area contributed by atoms with Crippen molar-refractivity contribution in [1.82, 2.24) is 25.0 Å². The fraction of sp³-hybridized carbons (Fsp3) is 0.423. The molecule has 7 heteroatoms. The van der Waals surface area contributed by atoms with Gasteiger partial charge in [0.15, 0.2) is 5.16 Å². The zero-order valence-electron chi connectivity index (χ0n) is 19.5. The van der Waals surface area contributed by atoms with Crippen LogP contribution in [0.2, 0.25) is 0 Å². The van der Waals surface area contributed by atoms with Crippen LogP contribution in [-0.4, -0.2) is 43.9 Å². The molecule has 1 aliphatic rings. The molecule has 1 amide bonds. The zero-order valence-corrected chi connectivity index (χ0v) is 20.3. The molecule has 1 N–H and O–H groups in total. The highest BCUT2D eigenvalue weighted by Crippen LogP contribution is 2.25. The minimum atomic E-state index is -0.280. The molecule has 1 aliphatic heterocycles. The molecule has 1 saturated heterocycles. The van der Waals surface area contributed by atoms with E-state index in [2.05, 4.69) is 49.2 Å². The van der Waals surface area contributed by atoms with Crippen molar-refractivity contribution < 1.29 is 4.79 Å². The second-order valence-electron chi connectivity index (χ2n) is 8.71. The Morgan fingerprint density at radius 2 is 1.61 bits per heavy atom. The molecule has 33 heavy (non-hydrogen) atoms. The van der Waals surface area contributed by atoms with Crippen LogP contribution in [0, 0.1) is 0 Å². The van der Waals surface area contributed by atoms with Gasteiger partial charge in [0.05, 0.1) is 24.4 Å². The smallest absolute Gasteiger partial charge is 0.233 e. The SMILES string of the molecule is CC(Sc1nnc(CN2CCCCC2)n1Cc1ccccc1)C(=O)NC(C)c1ccccc1. The maximum atomic E-state index is 12.9. The van der Waals surface area contributed by atoms with Gasteiger partial charge in [0, 0.05) is 0 Å². The number of aromatic nitrogens is 3. The minimum absolute atomic E-state index is 0.00296. The van der Waals surface area contributed by atoms with Crippen molar-refractivity contribution in [2.75, 3.05) is 13.1 Å². The molecule has 2 aromatic carbocycles. The average Bonchev–Trinajstić information content (AvgIpc) is 3.21. The van der Waals surface area contributed by atoms with Crippen molar-refractivity contribution in [3.05, 3.63) is 77.6 Å². The largest absolute Gasteiger partial charge is 0.349 e. The van der Waals surface area contributed by atoms with Crippen molar-refractivity contribution >= 4 is 17.7 Å². The number of rotatable bonds is 9. The molecule has 1 aromatic heterocycles. The summed E-state index contributed by atoms with van der Waals surface area (Å²) in [6, 6.07) is 20.4. The number of amides is 1. The minimum Gasteiger partial charge on any atom is -0.349 e. The van der Waals surface area contributed by atoms with Gasteiger partial charge in [-0.1, -0.05) is 78.8 Å². The zero-order chi connectivity index (χ0) is 23.0. The highest BCUT2D eigenvalue weighted by atomic mass is 32.2. The molecular weight excluding hydrogens is 430 g/mol. The predicted octanol–water partition coefficient (Wildman–Crippen LogP) is 4.67. The molecular formula is C26H33N5OS. The lowest BCUT2D eigenvalue weighted by atomic mass is 10.1. The molecule has 2 heterocycles. The van der Waals surface area contributed by atoms with E-state index in [1.807, 2.05) is 50.2 Å². The third-order valence-corrected chi connectivity index (χ3v) is 7.18. The Balaban J connectivity index is 1.47. The van der Waals surface area contributed by atoms with Gasteiger partial charge in [-0.2, -0.15) is 0 Å². The lowest BCUT2D eigenvalue weighted by Crippen LogP contribution is -2.33. The first kappa shape index (κ1) is 23.5. The Morgan fingerprint density at radius 3 is 2.30 bits per heavy atom. The van der Waals surface area contributed by atoms with E-state index in [1.54, 1.807) is 0 Å². The van der Waals surface area contributed by atoms with Crippen LogP contribution in [0.15, 0.2) is 65.8 Å². The first-order chi connectivity index (χ1) is 16.1. The number of hydrogen-bond donors (Lipinski definition) is 1. The number of benzene rings is 2. The standard InChI is InChI=1S/C26H33N5OS/c1-20(23-14-8-4-9-15-23)27-25(32)21(2)33-26-29-28-24(19-30-16-10-5-11-17-30)31(26)18-22-12-6-3-7-13-22/h3-4,6-9,12-15,20-21H,5,10-11,16-19H2,1-2H3,(H,27,32). The predicted molar refractivity (Wildman–Crippen MR) is 133 cm³/mol. The molecule has 0 saturated carbocycles. The number of thioether (sulfide) groups is 1. The molecule has 0 aliphatic carbocycles. The van der Waals surface area contributed by atoms with E-state index in [4.69, 9.17) is 0 Å². The van der Waals surface area contributed by atoms with E-state index in [9.17, 15) is 4.79 Å². The van der Waals surface area contributed by atoms with E-state index in [-0.39, 0.29) is 17.2 Å². The number of likely N-dealkylation sites (tertiary alicyclic amines) is 1. The number of nitrogens with zero attached hydrogens (tertiary/aromatic N) is 4. The van der Waals surface area contributed by atoms with Crippen LogP contribution >= 0.6 is 11.8 Å². The van der Waals surface area contributed by atoms with Crippen LogP contribution in [0.4, 0.5) is 0 Å². The summed E-state index contributed by atoms with van der Waals surface area (Å²) in [5.74, 6) is 0.969. The summed E-state index contributed by atoms with van der Waals surface area (Å²) in [6.45, 7) is 7.66. The Hall–Kier alpha value is -2.64. The number of carbonyl (C=O) groups is 1. The van der Waals surface area contributed by atoms with Gasteiger partial charge in [0.2, 0.25) is 5.91 Å².